The van der Waals surface area contributed by atoms with Crippen LogP contribution in [-0.2, 0) is 0 Å². The van der Waals surface area contributed by atoms with Gasteiger partial charge in [0, 0.05) is 12.3 Å². The van der Waals surface area contributed by atoms with Crippen molar-refractivity contribution in [2.45, 2.75) is 0 Å². The summed E-state index contributed by atoms with van der Waals surface area (Å²) in [5.74, 6) is -2.23. The standard InChI is InChI=1S/C13H10F2N4O2/c1-20-7-3-8(21-2)11(15)9(10(7)14)13-16-4-6-5-17-19-12(6)18-13/h3-5H,1-2H3,(H,16,17,18,19). The molecule has 0 aliphatic carbocycles. The zero-order chi connectivity index (χ0) is 15.0. The number of rotatable bonds is 3. The number of fused-ring (bicyclic) bond motifs is 1. The molecule has 0 aliphatic heterocycles. The highest BCUT2D eigenvalue weighted by atomic mass is 19.1. The van der Waals surface area contributed by atoms with Gasteiger partial charge in [0.25, 0.3) is 0 Å². The van der Waals surface area contributed by atoms with Gasteiger partial charge in [0.05, 0.1) is 31.4 Å². The van der Waals surface area contributed by atoms with Crippen LogP contribution in [0.5, 0.6) is 11.5 Å². The number of H-pyrrole nitrogens is 1. The quantitative estimate of drug-likeness (QED) is 0.802. The first kappa shape index (κ1) is 13.2. The maximum Gasteiger partial charge on any atom is 0.179 e. The van der Waals surface area contributed by atoms with E-state index in [-0.39, 0.29) is 17.3 Å². The van der Waals surface area contributed by atoms with E-state index in [1.807, 2.05) is 0 Å². The molecule has 21 heavy (non-hydrogen) atoms. The van der Waals surface area contributed by atoms with E-state index in [1.54, 1.807) is 0 Å². The SMILES string of the molecule is COc1cc(OC)c(F)c(-c2ncc3cn[nH]c3n2)c1F. The van der Waals surface area contributed by atoms with Gasteiger partial charge in [0.2, 0.25) is 0 Å². The van der Waals surface area contributed by atoms with Crippen LogP contribution in [0.2, 0.25) is 0 Å². The Morgan fingerprint density at radius 2 is 1.71 bits per heavy atom. The Hall–Kier alpha value is -2.77. The molecule has 0 bridgehead atoms. The number of nitrogens with one attached hydrogen (secondary N) is 1. The lowest BCUT2D eigenvalue weighted by molar-refractivity contribution is 0.359. The van der Waals surface area contributed by atoms with Crippen molar-refractivity contribution < 1.29 is 18.3 Å². The van der Waals surface area contributed by atoms with Gasteiger partial charge in [-0.1, -0.05) is 0 Å². The minimum atomic E-state index is -0.894. The third-order valence-electron chi connectivity index (χ3n) is 2.99. The predicted molar refractivity (Wildman–Crippen MR) is 70.1 cm³/mol. The highest BCUT2D eigenvalue weighted by Gasteiger charge is 2.23. The molecule has 6 nitrogen and oxygen atoms in total. The van der Waals surface area contributed by atoms with Gasteiger partial charge in [-0.3, -0.25) is 5.10 Å². The molecule has 3 aromatic rings. The Bertz CT molecular complexity index is 791. The summed E-state index contributed by atoms with van der Waals surface area (Å²) in [4.78, 5) is 8.02. The summed E-state index contributed by atoms with van der Waals surface area (Å²) in [5.41, 5.74) is -0.0386. The lowest BCUT2D eigenvalue weighted by Crippen LogP contribution is -2.01. The minimum Gasteiger partial charge on any atom is -0.494 e. The average Bonchev–Trinajstić information content (AvgIpc) is 2.95. The molecule has 0 amide bonds. The number of ether oxygens (including phenoxy) is 2. The molecular weight excluding hydrogens is 282 g/mol. The number of hydrogen-bond donors (Lipinski definition) is 1. The van der Waals surface area contributed by atoms with Gasteiger partial charge in [-0.2, -0.15) is 5.10 Å². The molecule has 1 N–H and O–H groups in total. The van der Waals surface area contributed by atoms with E-state index >= 15 is 0 Å². The number of halogens is 2. The van der Waals surface area contributed by atoms with Crippen LogP contribution in [0.1, 0.15) is 0 Å². The van der Waals surface area contributed by atoms with Crippen LogP contribution in [0.3, 0.4) is 0 Å². The van der Waals surface area contributed by atoms with Crippen molar-refractivity contribution in [1.82, 2.24) is 20.2 Å². The highest BCUT2D eigenvalue weighted by Crippen LogP contribution is 2.36. The summed E-state index contributed by atoms with van der Waals surface area (Å²) in [7, 11) is 2.55. The van der Waals surface area contributed by atoms with Gasteiger partial charge >= 0.3 is 0 Å². The van der Waals surface area contributed by atoms with Crippen molar-refractivity contribution in [3.05, 3.63) is 30.1 Å². The first-order chi connectivity index (χ1) is 10.2. The molecule has 2 aromatic heterocycles. The van der Waals surface area contributed by atoms with Crippen LogP contribution in [0.15, 0.2) is 18.5 Å². The second-order valence-corrected chi connectivity index (χ2v) is 4.15. The summed E-state index contributed by atoms with van der Waals surface area (Å²) in [6, 6.07) is 1.13. The van der Waals surface area contributed by atoms with Gasteiger partial charge in [-0.15, -0.1) is 0 Å². The second kappa shape index (κ2) is 4.97. The smallest absolute Gasteiger partial charge is 0.179 e. The zero-order valence-corrected chi connectivity index (χ0v) is 11.1. The van der Waals surface area contributed by atoms with E-state index in [1.165, 1.54) is 26.6 Å². The molecule has 0 radical (unpaired) electrons. The molecule has 108 valence electrons. The molecule has 0 saturated heterocycles. The van der Waals surface area contributed by atoms with Crippen LogP contribution in [-0.4, -0.2) is 34.4 Å². The van der Waals surface area contributed by atoms with Gasteiger partial charge in [0.1, 0.15) is 0 Å². The summed E-state index contributed by atoms with van der Waals surface area (Å²) in [6.07, 6.45) is 2.93. The molecule has 0 saturated carbocycles. The van der Waals surface area contributed by atoms with Crippen molar-refractivity contribution in [1.29, 1.82) is 0 Å². The molecule has 1 aromatic carbocycles. The lowest BCUT2D eigenvalue weighted by Gasteiger charge is -2.11. The van der Waals surface area contributed by atoms with Crippen molar-refractivity contribution in [3.63, 3.8) is 0 Å². The molecular formula is C13H10F2N4O2. The minimum absolute atomic E-state index is 0.126. The maximum absolute atomic E-state index is 14.3. The van der Waals surface area contributed by atoms with E-state index in [0.717, 1.165) is 6.07 Å². The van der Waals surface area contributed by atoms with E-state index in [0.29, 0.717) is 11.0 Å². The third kappa shape index (κ3) is 2.04. The first-order valence-electron chi connectivity index (χ1n) is 5.92. The number of methoxy groups -OCH3 is 2. The van der Waals surface area contributed by atoms with E-state index < -0.39 is 17.2 Å². The third-order valence-corrected chi connectivity index (χ3v) is 2.99. The summed E-state index contributed by atoms with van der Waals surface area (Å²) < 4.78 is 38.4. The molecule has 2 heterocycles. The largest absolute Gasteiger partial charge is 0.494 e. The topological polar surface area (TPSA) is 72.9 Å². The Morgan fingerprint density at radius 3 is 2.33 bits per heavy atom. The van der Waals surface area contributed by atoms with E-state index in [9.17, 15) is 8.78 Å². The van der Waals surface area contributed by atoms with Gasteiger partial charge in [0.15, 0.2) is 34.6 Å². The van der Waals surface area contributed by atoms with Gasteiger partial charge in [-0.05, 0) is 0 Å². The van der Waals surface area contributed by atoms with Crippen molar-refractivity contribution >= 4 is 11.0 Å². The number of nitrogens with zero attached hydrogens (tertiary/aromatic N) is 3. The van der Waals surface area contributed by atoms with Crippen molar-refractivity contribution in [2.24, 2.45) is 0 Å². The van der Waals surface area contributed by atoms with Crippen LogP contribution < -0.4 is 9.47 Å². The molecule has 0 unspecified atom stereocenters. The van der Waals surface area contributed by atoms with Crippen LogP contribution in [0.25, 0.3) is 22.4 Å². The highest BCUT2D eigenvalue weighted by molar-refractivity contribution is 5.75. The first-order valence-corrected chi connectivity index (χ1v) is 5.92. The van der Waals surface area contributed by atoms with Crippen LogP contribution >= 0.6 is 0 Å². The van der Waals surface area contributed by atoms with Crippen LogP contribution in [0.4, 0.5) is 8.78 Å². The second-order valence-electron chi connectivity index (χ2n) is 4.15. The van der Waals surface area contributed by atoms with Gasteiger partial charge in [-0.25, -0.2) is 18.7 Å². The zero-order valence-electron chi connectivity index (χ0n) is 11.1. The maximum atomic E-state index is 14.3. The monoisotopic (exact) mass is 292 g/mol. The number of aromatic nitrogens is 4. The Labute approximate surface area is 117 Å². The fourth-order valence-electron chi connectivity index (χ4n) is 1.94. The van der Waals surface area contributed by atoms with E-state index in [4.69, 9.17) is 9.47 Å². The Balaban J connectivity index is 2.29. The van der Waals surface area contributed by atoms with E-state index in [2.05, 4.69) is 20.2 Å². The normalized spacial score (nSPS) is 10.9. The molecule has 0 fully saturated rings. The number of hydrogen-bond acceptors (Lipinski definition) is 5. The fourth-order valence-corrected chi connectivity index (χ4v) is 1.94. The Kier molecular flexibility index (Phi) is 3.13. The fraction of sp³-hybridized carbons (Fsp3) is 0.154. The molecule has 3 rings (SSSR count). The molecule has 0 atom stereocenters. The molecule has 0 aliphatic rings. The summed E-state index contributed by atoms with van der Waals surface area (Å²) >= 11 is 0. The predicted octanol–water partition coefficient (Wildman–Crippen LogP) is 2.32. The molecule has 0 spiro atoms. The lowest BCUT2D eigenvalue weighted by atomic mass is 10.1. The number of benzene rings is 1. The summed E-state index contributed by atoms with van der Waals surface area (Å²) in [6.45, 7) is 0. The average molecular weight is 292 g/mol. The van der Waals surface area contributed by atoms with Crippen molar-refractivity contribution in [3.8, 4) is 22.9 Å². The van der Waals surface area contributed by atoms with Crippen LogP contribution in [0, 0.1) is 11.6 Å². The Morgan fingerprint density at radius 1 is 1.05 bits per heavy atom. The molecule has 8 heteroatoms. The number of aromatic amines is 1. The van der Waals surface area contributed by atoms with Crippen molar-refractivity contribution in [2.75, 3.05) is 14.2 Å². The van der Waals surface area contributed by atoms with Gasteiger partial charge < -0.3 is 9.47 Å². The summed E-state index contributed by atoms with van der Waals surface area (Å²) in [5, 5.41) is 7.04.